The van der Waals surface area contributed by atoms with Crippen molar-refractivity contribution >= 4 is 0 Å². The third kappa shape index (κ3) is 7.09. The number of fused-ring (bicyclic) bond motifs is 5. The lowest BCUT2D eigenvalue weighted by Gasteiger charge is -2.50. The van der Waals surface area contributed by atoms with E-state index in [0.29, 0.717) is 37.5 Å². The quantitative estimate of drug-likeness (QED) is 0.202. The number of hydrogen-bond donors (Lipinski definition) is 0. The normalized spacial score (nSPS) is 26.5. The number of hydrogen-bond acceptors (Lipinski definition) is 4. The van der Waals surface area contributed by atoms with Gasteiger partial charge in [-0.3, -0.25) is 0 Å². The van der Waals surface area contributed by atoms with Crippen LogP contribution in [0.2, 0.25) is 0 Å². The van der Waals surface area contributed by atoms with Crippen LogP contribution in [-0.4, -0.2) is 62.3 Å². The van der Waals surface area contributed by atoms with Crippen molar-refractivity contribution in [3.8, 4) is 5.75 Å². The molecule has 0 amide bonds. The smallest absolute Gasteiger partial charge is 0.426 e. The van der Waals surface area contributed by atoms with Crippen molar-refractivity contribution in [1.82, 2.24) is 4.90 Å². The van der Waals surface area contributed by atoms with Crippen LogP contribution in [0.5, 0.6) is 5.75 Å². The van der Waals surface area contributed by atoms with E-state index in [1.165, 1.54) is 18.1 Å². The number of rotatable bonds is 13. The van der Waals surface area contributed by atoms with E-state index in [1.807, 2.05) is 18.2 Å². The molecule has 2 fully saturated rings. The number of alkyl halides is 6. The topological polar surface area (TPSA) is 30.9 Å². The minimum absolute atomic E-state index is 0.0538. The Morgan fingerprint density at radius 2 is 1.61 bits per heavy atom. The van der Waals surface area contributed by atoms with Crippen molar-refractivity contribution in [3.63, 3.8) is 0 Å². The van der Waals surface area contributed by atoms with Gasteiger partial charge in [0.05, 0.1) is 19.3 Å². The molecule has 0 N–H and O–H groups in total. The molecule has 2 aromatic carbocycles. The largest absolute Gasteiger partial charge is 0.489 e. The summed E-state index contributed by atoms with van der Waals surface area (Å²) in [7, 11) is 1.66. The second-order valence-electron chi connectivity index (χ2n) is 13.8. The molecule has 3 aliphatic rings. The van der Waals surface area contributed by atoms with Gasteiger partial charge in [-0.1, -0.05) is 56.7 Å². The molecular formula is C36H47F6NO3. The molecule has 0 spiro atoms. The van der Waals surface area contributed by atoms with Crippen molar-refractivity contribution < 1.29 is 40.6 Å². The lowest BCUT2D eigenvalue weighted by molar-refractivity contribution is -0.383. The highest BCUT2D eigenvalue weighted by molar-refractivity contribution is 5.41. The van der Waals surface area contributed by atoms with Crippen LogP contribution in [-0.2, 0) is 22.5 Å². The molecule has 3 aliphatic carbocycles. The summed E-state index contributed by atoms with van der Waals surface area (Å²) in [4.78, 5) is 1.67. The van der Waals surface area contributed by atoms with Crippen molar-refractivity contribution in [2.75, 3.05) is 33.4 Å². The van der Waals surface area contributed by atoms with Gasteiger partial charge in [0.2, 0.25) is 0 Å². The summed E-state index contributed by atoms with van der Waals surface area (Å²) in [6.45, 7) is 4.20. The van der Waals surface area contributed by atoms with Gasteiger partial charge < -0.3 is 19.1 Å². The molecule has 0 aliphatic heterocycles. The summed E-state index contributed by atoms with van der Waals surface area (Å²) >= 11 is 0. The van der Waals surface area contributed by atoms with Gasteiger partial charge in [-0.2, -0.15) is 26.3 Å². The van der Waals surface area contributed by atoms with E-state index in [9.17, 15) is 26.3 Å². The minimum Gasteiger partial charge on any atom is -0.489 e. The minimum atomic E-state index is -5.54. The first kappa shape index (κ1) is 35.0. The van der Waals surface area contributed by atoms with Gasteiger partial charge >= 0.3 is 12.4 Å². The van der Waals surface area contributed by atoms with Crippen LogP contribution in [0.1, 0.15) is 81.4 Å². The van der Waals surface area contributed by atoms with Gasteiger partial charge in [-0.25, -0.2) is 0 Å². The van der Waals surface area contributed by atoms with E-state index in [0.717, 1.165) is 49.8 Å². The first-order chi connectivity index (χ1) is 21.8. The highest BCUT2D eigenvalue weighted by Crippen LogP contribution is 2.61. The molecule has 5 rings (SSSR count). The monoisotopic (exact) mass is 655 g/mol. The molecule has 4 nitrogen and oxygen atoms in total. The standard InChI is InChI=1S/C36H47F6NO3/c1-4-17-34(35(37,38)39,36(40,41)42)46-22-20-43(3)19-21-44-32-15-14-31-30-12-10-26-23-27(45-24-25-8-6-5-7-9-25)11-13-28(26)29(30)16-18-33(31,32)2/h5-9,11,13,23,29-32H,4,10,12,14-22,24H2,1-3H3/t29?,30?,31?,32-,33-/m0/s1. The van der Waals surface area contributed by atoms with E-state index in [4.69, 9.17) is 9.47 Å². The predicted molar refractivity (Wildman–Crippen MR) is 165 cm³/mol. The van der Waals surface area contributed by atoms with Crippen molar-refractivity contribution in [2.45, 2.75) is 102 Å². The lowest BCUT2D eigenvalue weighted by atomic mass is 9.55. The van der Waals surface area contributed by atoms with Gasteiger partial charge in [0.15, 0.2) is 0 Å². The molecule has 0 heterocycles. The second kappa shape index (κ2) is 14.0. The molecule has 2 saturated carbocycles. The van der Waals surface area contributed by atoms with Crippen LogP contribution in [0.4, 0.5) is 26.3 Å². The Morgan fingerprint density at radius 1 is 0.891 bits per heavy atom. The molecule has 0 saturated heterocycles. The van der Waals surface area contributed by atoms with E-state index in [-0.39, 0.29) is 24.5 Å². The molecule has 0 bridgehead atoms. The van der Waals surface area contributed by atoms with E-state index < -0.39 is 31.0 Å². The fourth-order valence-corrected chi connectivity index (χ4v) is 8.49. The van der Waals surface area contributed by atoms with Crippen LogP contribution in [0.25, 0.3) is 0 Å². The summed E-state index contributed by atoms with van der Waals surface area (Å²) in [6.07, 6.45) is -6.05. The second-order valence-corrected chi connectivity index (χ2v) is 13.8. The maximum absolute atomic E-state index is 13.5. The lowest BCUT2D eigenvalue weighted by Crippen LogP contribution is -2.59. The van der Waals surface area contributed by atoms with Gasteiger partial charge in [0.25, 0.3) is 5.60 Å². The zero-order chi connectivity index (χ0) is 33.2. The van der Waals surface area contributed by atoms with Crippen molar-refractivity contribution in [2.24, 2.45) is 17.3 Å². The molecule has 5 atom stereocenters. The summed E-state index contributed by atoms with van der Waals surface area (Å²) in [5.41, 5.74) is -0.0941. The number of benzene rings is 2. The Labute approximate surface area is 268 Å². The van der Waals surface area contributed by atoms with Crippen LogP contribution in [0, 0.1) is 17.3 Å². The van der Waals surface area contributed by atoms with Gasteiger partial charge in [-0.05, 0) is 104 Å². The average Bonchev–Trinajstić information content (AvgIpc) is 3.34. The SMILES string of the molecule is CCCC(OCCN(C)CCO[C@H]1CCC2C3CCc4cc(OCc5ccccc5)ccc4C3CC[C@@]21C)(C(F)(F)F)C(F)(F)F. The molecule has 2 aromatic rings. The molecule has 0 aromatic heterocycles. The number of ether oxygens (including phenoxy) is 3. The Morgan fingerprint density at radius 3 is 2.30 bits per heavy atom. The molecule has 0 radical (unpaired) electrons. The Balaban J connectivity index is 1.11. The van der Waals surface area contributed by atoms with Crippen LogP contribution in [0.3, 0.4) is 0 Å². The zero-order valence-corrected chi connectivity index (χ0v) is 27.1. The highest BCUT2D eigenvalue weighted by Gasteiger charge is 2.71. The number of aryl methyl sites for hydroxylation is 1. The molecular weight excluding hydrogens is 608 g/mol. The predicted octanol–water partition coefficient (Wildman–Crippen LogP) is 9.12. The summed E-state index contributed by atoms with van der Waals surface area (Å²) in [5.74, 6) is 2.60. The molecule has 3 unspecified atom stereocenters. The van der Waals surface area contributed by atoms with Crippen LogP contribution >= 0.6 is 0 Å². The van der Waals surface area contributed by atoms with Crippen LogP contribution in [0.15, 0.2) is 48.5 Å². The van der Waals surface area contributed by atoms with Crippen LogP contribution < -0.4 is 4.74 Å². The van der Waals surface area contributed by atoms with Gasteiger partial charge in [0.1, 0.15) is 12.4 Å². The first-order valence-electron chi connectivity index (χ1n) is 16.7. The van der Waals surface area contributed by atoms with Crippen molar-refractivity contribution in [3.05, 3.63) is 65.2 Å². The molecule has 46 heavy (non-hydrogen) atoms. The summed E-state index contributed by atoms with van der Waals surface area (Å²) in [6, 6.07) is 16.8. The molecule has 10 heteroatoms. The Kier molecular flexibility index (Phi) is 10.7. The number of nitrogens with zero attached hydrogens (tertiary/aromatic N) is 1. The summed E-state index contributed by atoms with van der Waals surface area (Å²) in [5, 5.41) is 0. The van der Waals surface area contributed by atoms with E-state index in [1.54, 1.807) is 11.9 Å². The summed E-state index contributed by atoms with van der Waals surface area (Å²) < 4.78 is 98.3. The number of halogens is 6. The third-order valence-corrected chi connectivity index (χ3v) is 11.0. The maximum atomic E-state index is 13.5. The zero-order valence-electron chi connectivity index (χ0n) is 27.1. The Hall–Kier alpha value is -2.30. The highest BCUT2D eigenvalue weighted by atomic mass is 19.4. The first-order valence-corrected chi connectivity index (χ1v) is 16.7. The van der Waals surface area contributed by atoms with E-state index >= 15 is 0 Å². The molecule has 256 valence electrons. The average molecular weight is 656 g/mol. The van der Waals surface area contributed by atoms with Crippen molar-refractivity contribution in [1.29, 1.82) is 0 Å². The van der Waals surface area contributed by atoms with Gasteiger partial charge in [0, 0.05) is 13.1 Å². The fraction of sp³-hybridized carbons (Fsp3) is 0.667. The van der Waals surface area contributed by atoms with Gasteiger partial charge in [-0.15, -0.1) is 0 Å². The third-order valence-electron chi connectivity index (χ3n) is 11.0. The maximum Gasteiger partial charge on any atom is 0.426 e. The fourth-order valence-electron chi connectivity index (χ4n) is 8.49. The Bertz CT molecular complexity index is 1270. The number of likely N-dealkylation sites (N-methyl/N-ethyl adjacent to an activating group) is 1. The van der Waals surface area contributed by atoms with E-state index in [2.05, 4.69) is 42.0 Å².